The highest BCUT2D eigenvalue weighted by Crippen LogP contribution is 2.28. The zero-order chi connectivity index (χ0) is 17.1. The minimum absolute atomic E-state index is 0.0189. The van der Waals surface area contributed by atoms with Gasteiger partial charge in [0.05, 0.1) is 23.7 Å². The summed E-state index contributed by atoms with van der Waals surface area (Å²) >= 11 is 1.48. The van der Waals surface area contributed by atoms with E-state index < -0.39 is 0 Å². The van der Waals surface area contributed by atoms with E-state index in [4.69, 9.17) is 4.74 Å². The molecule has 0 fully saturated rings. The molecule has 2 aromatic heterocycles. The summed E-state index contributed by atoms with van der Waals surface area (Å²) in [6.07, 6.45) is 0. The molecule has 3 aromatic rings. The van der Waals surface area contributed by atoms with Crippen molar-refractivity contribution < 1.29 is 9.53 Å². The van der Waals surface area contributed by atoms with Crippen molar-refractivity contribution in [3.63, 3.8) is 0 Å². The number of nitrogens with zero attached hydrogens (tertiary/aromatic N) is 2. The lowest BCUT2D eigenvalue weighted by Crippen LogP contribution is -2.35. The van der Waals surface area contributed by atoms with Gasteiger partial charge in [0.15, 0.2) is 0 Å². The highest BCUT2D eigenvalue weighted by Gasteiger charge is 2.17. The Kier molecular flexibility index (Phi) is 4.97. The molecule has 1 aromatic carbocycles. The van der Waals surface area contributed by atoms with E-state index in [9.17, 15) is 4.79 Å². The van der Waals surface area contributed by atoms with Gasteiger partial charge in [-0.25, -0.2) is 0 Å². The number of methoxy groups -OCH3 is 1. The summed E-state index contributed by atoms with van der Waals surface area (Å²) in [5.74, 6) is -0.0635. The van der Waals surface area contributed by atoms with Gasteiger partial charge in [0.1, 0.15) is 4.83 Å². The molecule has 0 saturated heterocycles. The fourth-order valence-corrected chi connectivity index (χ4v) is 3.74. The van der Waals surface area contributed by atoms with E-state index in [0.29, 0.717) is 18.0 Å². The number of hydrogen-bond donors (Lipinski definition) is 1. The van der Waals surface area contributed by atoms with Gasteiger partial charge in [-0.2, -0.15) is 5.10 Å². The second kappa shape index (κ2) is 7.15. The van der Waals surface area contributed by atoms with Gasteiger partial charge in [-0.1, -0.05) is 30.3 Å². The minimum atomic E-state index is -0.0635. The number of amides is 1. The van der Waals surface area contributed by atoms with E-state index in [1.165, 1.54) is 16.9 Å². The number of benzene rings is 1. The molecule has 1 atom stereocenters. The Balaban J connectivity index is 1.85. The maximum Gasteiger partial charge on any atom is 0.261 e. The highest BCUT2D eigenvalue weighted by molar-refractivity contribution is 7.20. The quantitative estimate of drug-likeness (QED) is 0.748. The molecule has 0 unspecified atom stereocenters. The van der Waals surface area contributed by atoms with Crippen molar-refractivity contribution in [3.05, 3.63) is 52.5 Å². The summed E-state index contributed by atoms with van der Waals surface area (Å²) < 4.78 is 7.04. The predicted molar refractivity (Wildman–Crippen MR) is 96.7 cm³/mol. The maximum atomic E-state index is 12.4. The van der Waals surface area contributed by atoms with Crippen LogP contribution in [0.3, 0.4) is 0 Å². The molecule has 6 heteroatoms. The van der Waals surface area contributed by atoms with E-state index in [2.05, 4.69) is 22.5 Å². The van der Waals surface area contributed by atoms with Crippen LogP contribution >= 0.6 is 11.3 Å². The molecule has 3 rings (SSSR count). The zero-order valence-electron chi connectivity index (χ0n) is 14.1. The first-order valence-corrected chi connectivity index (χ1v) is 8.71. The highest BCUT2D eigenvalue weighted by atomic mass is 32.1. The third-order valence-corrected chi connectivity index (χ3v) is 4.95. The standard InChI is InChI=1S/C18H21N3O2S/c1-12(11-23-3)19-17(22)16-9-15-13(2)20-21(18(15)24-16)10-14-7-5-4-6-8-14/h4-9,12H,10-11H2,1-3H3,(H,19,22)/t12-/m1/s1. The van der Waals surface area contributed by atoms with Gasteiger partial charge in [0, 0.05) is 18.5 Å². The normalized spacial score (nSPS) is 12.5. The third-order valence-electron chi connectivity index (χ3n) is 3.80. The van der Waals surface area contributed by atoms with Crippen molar-refractivity contribution in [1.82, 2.24) is 15.1 Å². The van der Waals surface area contributed by atoms with Crippen LogP contribution in [-0.4, -0.2) is 35.4 Å². The number of thiophene rings is 1. The van der Waals surface area contributed by atoms with E-state index in [1.807, 2.05) is 42.8 Å². The van der Waals surface area contributed by atoms with Gasteiger partial charge in [0.2, 0.25) is 0 Å². The Labute approximate surface area is 145 Å². The second-order valence-electron chi connectivity index (χ2n) is 5.89. The Morgan fingerprint density at radius 3 is 2.83 bits per heavy atom. The van der Waals surface area contributed by atoms with Crippen molar-refractivity contribution in [1.29, 1.82) is 0 Å². The second-order valence-corrected chi connectivity index (χ2v) is 6.92. The largest absolute Gasteiger partial charge is 0.383 e. The number of ether oxygens (including phenoxy) is 1. The monoisotopic (exact) mass is 343 g/mol. The number of aryl methyl sites for hydroxylation is 1. The number of aromatic nitrogens is 2. The van der Waals surface area contributed by atoms with Gasteiger partial charge >= 0.3 is 0 Å². The van der Waals surface area contributed by atoms with Crippen LogP contribution in [0.2, 0.25) is 0 Å². The van der Waals surface area contributed by atoms with E-state index in [0.717, 1.165) is 15.9 Å². The molecule has 1 N–H and O–H groups in total. The van der Waals surface area contributed by atoms with Crippen molar-refractivity contribution in [2.75, 3.05) is 13.7 Å². The first-order valence-electron chi connectivity index (χ1n) is 7.89. The van der Waals surface area contributed by atoms with Crippen LogP contribution in [0.1, 0.15) is 27.9 Å². The Hall–Kier alpha value is -2.18. The SMILES string of the molecule is COC[C@@H](C)NC(=O)c1cc2c(C)nn(Cc3ccccc3)c2s1. The van der Waals surface area contributed by atoms with Crippen LogP contribution in [0.5, 0.6) is 0 Å². The molecule has 0 radical (unpaired) electrons. The van der Waals surface area contributed by atoms with Gasteiger partial charge < -0.3 is 10.1 Å². The summed E-state index contributed by atoms with van der Waals surface area (Å²) in [6.45, 7) is 5.10. The maximum absolute atomic E-state index is 12.4. The minimum Gasteiger partial charge on any atom is -0.383 e. The molecule has 5 nitrogen and oxygen atoms in total. The Morgan fingerprint density at radius 1 is 1.38 bits per heavy atom. The van der Waals surface area contributed by atoms with E-state index >= 15 is 0 Å². The topological polar surface area (TPSA) is 56.1 Å². The van der Waals surface area contributed by atoms with Gasteiger partial charge in [-0.15, -0.1) is 11.3 Å². The average Bonchev–Trinajstić information content (AvgIpc) is 3.11. The summed E-state index contributed by atoms with van der Waals surface area (Å²) in [4.78, 5) is 14.1. The van der Waals surface area contributed by atoms with Gasteiger partial charge in [0.25, 0.3) is 5.91 Å². The van der Waals surface area contributed by atoms with Gasteiger partial charge in [-0.3, -0.25) is 9.48 Å². The summed E-state index contributed by atoms with van der Waals surface area (Å²) in [5.41, 5.74) is 2.14. The lowest BCUT2D eigenvalue weighted by Gasteiger charge is -2.11. The summed E-state index contributed by atoms with van der Waals surface area (Å²) in [6, 6.07) is 12.1. The zero-order valence-corrected chi connectivity index (χ0v) is 14.9. The molecule has 0 aliphatic rings. The molecule has 0 saturated carbocycles. The number of carbonyl (C=O) groups is 1. The van der Waals surface area contributed by atoms with E-state index in [1.54, 1.807) is 7.11 Å². The molecular formula is C18H21N3O2S. The lowest BCUT2D eigenvalue weighted by molar-refractivity contribution is 0.0909. The molecule has 126 valence electrons. The van der Waals surface area contributed by atoms with Crippen LogP contribution in [-0.2, 0) is 11.3 Å². The fraction of sp³-hybridized carbons (Fsp3) is 0.333. The molecule has 1 amide bonds. The lowest BCUT2D eigenvalue weighted by atomic mass is 10.2. The van der Waals surface area contributed by atoms with Crippen LogP contribution in [0, 0.1) is 6.92 Å². The summed E-state index contributed by atoms with van der Waals surface area (Å²) in [7, 11) is 1.63. The fourth-order valence-electron chi connectivity index (χ4n) is 2.67. The van der Waals surface area contributed by atoms with Crippen molar-refractivity contribution >= 4 is 27.5 Å². The molecule has 24 heavy (non-hydrogen) atoms. The molecule has 0 aliphatic heterocycles. The van der Waals surface area contributed by atoms with Gasteiger partial charge in [-0.05, 0) is 25.5 Å². The third kappa shape index (κ3) is 3.49. The smallest absolute Gasteiger partial charge is 0.261 e. The van der Waals surface area contributed by atoms with Crippen molar-refractivity contribution in [2.24, 2.45) is 0 Å². The predicted octanol–water partition coefficient (Wildman–Crippen LogP) is 3.22. The van der Waals surface area contributed by atoms with Crippen LogP contribution < -0.4 is 5.32 Å². The first kappa shape index (κ1) is 16.7. The first-order chi connectivity index (χ1) is 11.6. The number of rotatable bonds is 6. The number of nitrogens with one attached hydrogen (secondary N) is 1. The van der Waals surface area contributed by atoms with Crippen molar-refractivity contribution in [3.8, 4) is 0 Å². The number of fused-ring (bicyclic) bond motifs is 1. The number of hydrogen-bond acceptors (Lipinski definition) is 4. The number of carbonyl (C=O) groups excluding carboxylic acids is 1. The molecule has 0 bridgehead atoms. The van der Waals surface area contributed by atoms with E-state index in [-0.39, 0.29) is 11.9 Å². The Morgan fingerprint density at radius 2 is 2.12 bits per heavy atom. The summed E-state index contributed by atoms with van der Waals surface area (Å²) in [5, 5.41) is 8.61. The molecule has 0 aliphatic carbocycles. The van der Waals surface area contributed by atoms with Crippen molar-refractivity contribution in [2.45, 2.75) is 26.4 Å². The van der Waals surface area contributed by atoms with Crippen LogP contribution in [0.4, 0.5) is 0 Å². The Bertz CT molecular complexity index is 839. The van der Waals surface area contributed by atoms with Crippen LogP contribution in [0.25, 0.3) is 10.2 Å². The molecule has 0 spiro atoms. The molecular weight excluding hydrogens is 322 g/mol. The molecule has 2 heterocycles. The van der Waals surface area contributed by atoms with Crippen LogP contribution in [0.15, 0.2) is 36.4 Å². The average molecular weight is 343 g/mol.